The van der Waals surface area contributed by atoms with E-state index in [9.17, 15) is 23.4 Å². The molecule has 0 aliphatic carbocycles. The number of hydrogen-bond donors (Lipinski definition) is 3. The quantitative estimate of drug-likeness (QED) is 0.396. The van der Waals surface area contributed by atoms with Crippen molar-refractivity contribution in [1.29, 1.82) is 0 Å². The summed E-state index contributed by atoms with van der Waals surface area (Å²) in [6.45, 7) is 3.71. The Labute approximate surface area is 186 Å². The molecule has 0 radical (unpaired) electrons. The summed E-state index contributed by atoms with van der Waals surface area (Å²) in [6.07, 6.45) is 0. The molecule has 0 unspecified atom stereocenters. The molecule has 0 aliphatic rings. The second-order valence-electron chi connectivity index (χ2n) is 7.30. The number of phenolic OH excluding ortho intramolecular Hbond substituents is 1. The van der Waals surface area contributed by atoms with E-state index in [1.165, 1.54) is 12.1 Å². The number of carbonyl (C=O) groups is 1. The van der Waals surface area contributed by atoms with E-state index >= 15 is 0 Å². The van der Waals surface area contributed by atoms with Crippen LogP contribution in [-0.4, -0.2) is 24.6 Å². The standard InChI is InChI=1S/C23H23NO5S2/c1-15(2)21-11-10-20(13-22(21)23(26)27)31(28,29)24-17-6-8-19(9-7-17)30-14-16-4-3-5-18(25)12-16/h3-13,15,24-25H,14H2,1-2H3,(H,26,27). The second kappa shape index (κ2) is 9.45. The highest BCUT2D eigenvalue weighted by Crippen LogP contribution is 2.27. The van der Waals surface area contributed by atoms with Crippen molar-refractivity contribution in [2.75, 3.05) is 4.72 Å². The lowest BCUT2D eigenvalue weighted by atomic mass is 9.97. The maximum Gasteiger partial charge on any atom is 0.336 e. The van der Waals surface area contributed by atoms with E-state index in [1.54, 1.807) is 60.3 Å². The molecule has 6 nitrogen and oxygen atoms in total. The average Bonchev–Trinajstić information content (AvgIpc) is 2.72. The smallest absolute Gasteiger partial charge is 0.336 e. The number of carboxylic acid groups (broad SMARTS) is 1. The molecule has 162 valence electrons. The summed E-state index contributed by atoms with van der Waals surface area (Å²) >= 11 is 1.56. The van der Waals surface area contributed by atoms with Crippen molar-refractivity contribution in [2.24, 2.45) is 0 Å². The van der Waals surface area contributed by atoms with Crippen LogP contribution in [0.1, 0.15) is 41.3 Å². The van der Waals surface area contributed by atoms with E-state index < -0.39 is 16.0 Å². The highest BCUT2D eigenvalue weighted by molar-refractivity contribution is 7.98. The number of aromatic hydroxyl groups is 1. The molecule has 3 rings (SSSR count). The second-order valence-corrected chi connectivity index (χ2v) is 10.0. The van der Waals surface area contributed by atoms with Crippen molar-refractivity contribution in [1.82, 2.24) is 0 Å². The normalized spacial score (nSPS) is 11.5. The van der Waals surface area contributed by atoms with Gasteiger partial charge in [-0.15, -0.1) is 11.8 Å². The lowest BCUT2D eigenvalue weighted by molar-refractivity contribution is 0.0695. The van der Waals surface area contributed by atoms with Crippen LogP contribution in [-0.2, 0) is 15.8 Å². The summed E-state index contributed by atoms with van der Waals surface area (Å²) in [6, 6.07) is 18.1. The van der Waals surface area contributed by atoms with E-state index in [0.29, 0.717) is 17.0 Å². The average molecular weight is 458 g/mol. The van der Waals surface area contributed by atoms with Crippen LogP contribution in [0.3, 0.4) is 0 Å². The molecule has 0 amide bonds. The summed E-state index contributed by atoms with van der Waals surface area (Å²) in [4.78, 5) is 12.4. The summed E-state index contributed by atoms with van der Waals surface area (Å²) in [5.41, 5.74) is 1.93. The predicted octanol–water partition coefficient (Wildman–Crippen LogP) is 5.31. The third-order valence-electron chi connectivity index (χ3n) is 4.61. The Hall–Kier alpha value is -2.97. The molecule has 8 heteroatoms. The van der Waals surface area contributed by atoms with E-state index in [2.05, 4.69) is 4.72 Å². The highest BCUT2D eigenvalue weighted by atomic mass is 32.2. The number of hydrogen-bond acceptors (Lipinski definition) is 5. The first-order valence-electron chi connectivity index (χ1n) is 9.56. The van der Waals surface area contributed by atoms with Crippen LogP contribution in [0.4, 0.5) is 5.69 Å². The number of anilines is 1. The maximum absolute atomic E-state index is 12.8. The topological polar surface area (TPSA) is 104 Å². The fraction of sp³-hybridized carbons (Fsp3) is 0.174. The van der Waals surface area contributed by atoms with Crippen LogP contribution in [0.25, 0.3) is 0 Å². The van der Waals surface area contributed by atoms with Crippen molar-refractivity contribution in [3.63, 3.8) is 0 Å². The van der Waals surface area contributed by atoms with Crippen molar-refractivity contribution >= 4 is 33.4 Å². The van der Waals surface area contributed by atoms with Gasteiger partial charge in [-0.05, 0) is 65.6 Å². The molecule has 0 saturated carbocycles. The van der Waals surface area contributed by atoms with E-state index in [-0.39, 0.29) is 22.1 Å². The zero-order chi connectivity index (χ0) is 22.6. The van der Waals surface area contributed by atoms with E-state index in [1.807, 2.05) is 19.9 Å². The zero-order valence-electron chi connectivity index (χ0n) is 17.1. The maximum atomic E-state index is 12.8. The van der Waals surface area contributed by atoms with Crippen LogP contribution in [0.5, 0.6) is 5.75 Å². The Kier molecular flexibility index (Phi) is 6.92. The van der Waals surface area contributed by atoms with Crippen molar-refractivity contribution in [2.45, 2.75) is 35.3 Å². The van der Waals surface area contributed by atoms with E-state index in [0.717, 1.165) is 10.5 Å². The van der Waals surface area contributed by atoms with Crippen LogP contribution >= 0.6 is 11.8 Å². The van der Waals surface area contributed by atoms with Gasteiger partial charge in [-0.25, -0.2) is 13.2 Å². The van der Waals surface area contributed by atoms with Gasteiger partial charge < -0.3 is 10.2 Å². The monoisotopic (exact) mass is 457 g/mol. The van der Waals surface area contributed by atoms with Crippen molar-refractivity contribution in [3.05, 3.63) is 83.4 Å². The number of carboxylic acids is 1. The number of sulfonamides is 1. The first kappa shape index (κ1) is 22.7. The Morgan fingerprint density at radius 2 is 1.74 bits per heavy atom. The number of rotatable bonds is 8. The predicted molar refractivity (Wildman–Crippen MR) is 122 cm³/mol. The van der Waals surface area contributed by atoms with Gasteiger partial charge in [-0.2, -0.15) is 0 Å². The molecule has 0 aromatic heterocycles. The Balaban J connectivity index is 1.73. The molecule has 0 bridgehead atoms. The molecule has 0 heterocycles. The zero-order valence-corrected chi connectivity index (χ0v) is 18.7. The first-order chi connectivity index (χ1) is 14.7. The molecule has 31 heavy (non-hydrogen) atoms. The summed E-state index contributed by atoms with van der Waals surface area (Å²) in [5, 5.41) is 19.0. The van der Waals surface area contributed by atoms with Gasteiger partial charge in [0.25, 0.3) is 10.0 Å². The van der Waals surface area contributed by atoms with Crippen LogP contribution < -0.4 is 4.72 Å². The Morgan fingerprint density at radius 3 is 2.35 bits per heavy atom. The fourth-order valence-corrected chi connectivity index (χ4v) is 4.96. The van der Waals surface area contributed by atoms with Crippen molar-refractivity contribution in [3.8, 4) is 5.75 Å². The minimum atomic E-state index is -3.93. The van der Waals surface area contributed by atoms with E-state index in [4.69, 9.17) is 0 Å². The minimum absolute atomic E-state index is 0.0171. The summed E-state index contributed by atoms with van der Waals surface area (Å²) in [7, 11) is -3.93. The summed E-state index contributed by atoms with van der Waals surface area (Å²) in [5.74, 6) is -0.315. The molecule has 0 fully saturated rings. The third kappa shape index (κ3) is 5.80. The van der Waals surface area contributed by atoms with Gasteiger partial charge in [0.05, 0.1) is 10.5 Å². The highest BCUT2D eigenvalue weighted by Gasteiger charge is 2.20. The molecule has 3 aromatic carbocycles. The Bertz CT molecular complexity index is 1190. The molecule has 0 aliphatic heterocycles. The van der Waals surface area contributed by atoms with Gasteiger partial charge in [0, 0.05) is 16.3 Å². The summed E-state index contributed by atoms with van der Waals surface area (Å²) < 4.78 is 28.0. The molecular formula is C23H23NO5S2. The van der Waals surface area contributed by atoms with Crippen LogP contribution in [0, 0.1) is 0 Å². The third-order valence-corrected chi connectivity index (χ3v) is 7.07. The lowest BCUT2D eigenvalue weighted by Gasteiger charge is -2.13. The van der Waals surface area contributed by atoms with Gasteiger partial charge in [-0.1, -0.05) is 32.0 Å². The van der Waals surface area contributed by atoms with Gasteiger partial charge in [0.2, 0.25) is 0 Å². The molecule has 0 spiro atoms. The minimum Gasteiger partial charge on any atom is -0.508 e. The van der Waals surface area contributed by atoms with Gasteiger partial charge in [-0.3, -0.25) is 4.72 Å². The fourth-order valence-electron chi connectivity index (χ4n) is 3.04. The number of phenols is 1. The van der Waals surface area contributed by atoms with Crippen LogP contribution in [0.2, 0.25) is 0 Å². The lowest BCUT2D eigenvalue weighted by Crippen LogP contribution is -2.15. The molecular weight excluding hydrogens is 434 g/mol. The van der Waals surface area contributed by atoms with Crippen molar-refractivity contribution < 1.29 is 23.4 Å². The van der Waals surface area contributed by atoms with Gasteiger partial charge >= 0.3 is 5.97 Å². The number of benzene rings is 3. The number of aromatic carboxylic acids is 1. The largest absolute Gasteiger partial charge is 0.508 e. The van der Waals surface area contributed by atoms with Crippen LogP contribution in [0.15, 0.2) is 76.5 Å². The van der Waals surface area contributed by atoms with Gasteiger partial charge in [0.1, 0.15) is 5.75 Å². The molecule has 0 saturated heterocycles. The SMILES string of the molecule is CC(C)c1ccc(S(=O)(=O)Nc2ccc(SCc3cccc(O)c3)cc2)cc1C(=O)O. The number of thioether (sulfide) groups is 1. The Morgan fingerprint density at radius 1 is 1.03 bits per heavy atom. The van der Waals surface area contributed by atoms with Gasteiger partial charge in [0.15, 0.2) is 0 Å². The number of nitrogens with one attached hydrogen (secondary N) is 1. The molecule has 3 N–H and O–H groups in total. The molecule has 0 atom stereocenters. The molecule has 3 aromatic rings. The first-order valence-corrected chi connectivity index (χ1v) is 12.0.